The summed E-state index contributed by atoms with van der Waals surface area (Å²) in [5.74, 6) is -3.19. The number of carbonyl (C=O) groups is 4. The maximum absolute atomic E-state index is 13.0. The van der Waals surface area contributed by atoms with E-state index >= 15 is 0 Å². The molecule has 0 saturated heterocycles. The van der Waals surface area contributed by atoms with Gasteiger partial charge in [0.25, 0.3) is 0 Å². The topological polar surface area (TPSA) is 217 Å². The van der Waals surface area contributed by atoms with Crippen LogP contribution < -0.4 is 0 Å². The lowest BCUT2D eigenvalue weighted by Gasteiger charge is -2.24. The molecule has 0 aromatic carbocycles. The van der Waals surface area contributed by atoms with E-state index in [1.165, 1.54) is 0 Å². The molecule has 0 amide bonds. The van der Waals surface area contributed by atoms with E-state index in [2.05, 4.69) is 6.92 Å². The highest BCUT2D eigenvalue weighted by Gasteiger charge is 2.27. The van der Waals surface area contributed by atoms with E-state index in [0.29, 0.717) is 32.1 Å². The molecule has 0 aliphatic heterocycles. The molecule has 0 fully saturated rings. The van der Waals surface area contributed by atoms with Crippen LogP contribution in [-0.4, -0.2) is 103 Å². The SMILES string of the molecule is CCCCC[C@H](O)C[C@H](O)CC(=O)O[C@H](CCCCC)C[C@H](O)CC(=O)O[C@H](CCCCC)C[C@H](O)CC(=O)O[C@H](CCCCC)C[C@@H](O)CC(=O)O. The zero-order valence-corrected chi connectivity index (χ0v) is 33.1. The van der Waals surface area contributed by atoms with Crippen molar-refractivity contribution in [2.24, 2.45) is 0 Å². The molecule has 0 rings (SSSR count). The monoisotopic (exact) mass is 763 g/mol. The summed E-state index contributed by atoms with van der Waals surface area (Å²) in [5.41, 5.74) is 0. The van der Waals surface area contributed by atoms with Crippen LogP contribution in [0.1, 0.15) is 182 Å². The molecular formula is C40H74O13. The Morgan fingerprint density at radius 2 is 0.679 bits per heavy atom. The van der Waals surface area contributed by atoms with Crippen molar-refractivity contribution in [3.8, 4) is 0 Å². The van der Waals surface area contributed by atoms with Gasteiger partial charge in [-0.05, 0) is 51.4 Å². The first-order chi connectivity index (χ1) is 25.2. The maximum atomic E-state index is 13.0. The number of aliphatic hydroxyl groups is 5. The third-order valence-electron chi connectivity index (χ3n) is 9.19. The Bertz CT molecular complexity index is 961. The molecule has 0 aromatic heterocycles. The molecular weight excluding hydrogens is 688 g/mol. The predicted molar refractivity (Wildman–Crippen MR) is 201 cm³/mol. The average molecular weight is 763 g/mol. The van der Waals surface area contributed by atoms with E-state index in [1.807, 2.05) is 20.8 Å². The van der Waals surface area contributed by atoms with Crippen LogP contribution in [0.15, 0.2) is 0 Å². The first-order valence-electron chi connectivity index (χ1n) is 20.4. The second kappa shape index (κ2) is 32.0. The number of carboxylic acids is 1. The maximum Gasteiger partial charge on any atom is 0.308 e. The molecule has 0 bridgehead atoms. The number of hydrogen-bond acceptors (Lipinski definition) is 12. The Labute approximate surface area is 318 Å². The second-order valence-electron chi connectivity index (χ2n) is 14.7. The molecule has 0 radical (unpaired) electrons. The Morgan fingerprint density at radius 1 is 0.396 bits per heavy atom. The van der Waals surface area contributed by atoms with Gasteiger partial charge in [-0.3, -0.25) is 19.2 Å². The van der Waals surface area contributed by atoms with Crippen molar-refractivity contribution >= 4 is 23.9 Å². The summed E-state index contributed by atoms with van der Waals surface area (Å²) in [4.78, 5) is 49.4. The highest BCUT2D eigenvalue weighted by Crippen LogP contribution is 2.21. The van der Waals surface area contributed by atoms with Crippen LogP contribution in [0.2, 0.25) is 0 Å². The van der Waals surface area contributed by atoms with Gasteiger partial charge in [-0.15, -0.1) is 0 Å². The van der Waals surface area contributed by atoms with Crippen molar-refractivity contribution < 1.29 is 64.0 Å². The summed E-state index contributed by atoms with van der Waals surface area (Å²) in [6, 6.07) is 0. The van der Waals surface area contributed by atoms with Crippen LogP contribution in [0.3, 0.4) is 0 Å². The number of esters is 3. The number of unbranched alkanes of at least 4 members (excludes halogenated alkanes) is 8. The second-order valence-corrected chi connectivity index (χ2v) is 14.7. The highest BCUT2D eigenvalue weighted by atomic mass is 16.6. The van der Waals surface area contributed by atoms with Gasteiger partial charge in [-0.2, -0.15) is 0 Å². The number of rotatable bonds is 35. The van der Waals surface area contributed by atoms with Gasteiger partial charge in [0.2, 0.25) is 0 Å². The molecule has 0 unspecified atom stereocenters. The minimum absolute atomic E-state index is 0.00412. The van der Waals surface area contributed by atoms with Gasteiger partial charge in [0.1, 0.15) is 18.3 Å². The molecule has 0 aliphatic carbocycles. The van der Waals surface area contributed by atoms with Gasteiger partial charge in [-0.1, -0.05) is 85.5 Å². The van der Waals surface area contributed by atoms with Gasteiger partial charge in [-0.25, -0.2) is 0 Å². The molecule has 8 atom stereocenters. The summed E-state index contributed by atoms with van der Waals surface area (Å²) in [6.07, 6.45) is 3.46. The molecule has 0 aliphatic rings. The van der Waals surface area contributed by atoms with Crippen molar-refractivity contribution in [3.05, 3.63) is 0 Å². The fourth-order valence-corrected chi connectivity index (χ4v) is 6.33. The highest BCUT2D eigenvalue weighted by molar-refractivity contribution is 5.71. The molecule has 0 spiro atoms. The Hall–Kier alpha value is -2.32. The Morgan fingerprint density at radius 3 is 0.981 bits per heavy atom. The number of hydrogen-bond donors (Lipinski definition) is 6. The Kier molecular flexibility index (Phi) is 30.6. The molecule has 53 heavy (non-hydrogen) atoms. The molecule has 312 valence electrons. The van der Waals surface area contributed by atoms with Gasteiger partial charge >= 0.3 is 23.9 Å². The standard InChI is InChI=1S/C40H74O13/c1-5-9-13-17-29(41)21-30(42)26-38(48)52-35(19-15-11-7-3)23-32(44)28-40(50)53-36(20-16-12-8-4)24-33(45)27-39(49)51-34(18-14-10-6-2)22-31(43)25-37(46)47/h29-36,41-45H,5-28H2,1-4H3,(H,46,47)/t29-,30-,31+,32-,33-,34+,35+,36+/m0/s1. The summed E-state index contributed by atoms with van der Waals surface area (Å²) >= 11 is 0. The normalized spacial score (nSPS) is 16.1. The number of ether oxygens (including phenoxy) is 3. The van der Waals surface area contributed by atoms with Crippen LogP contribution in [0.4, 0.5) is 0 Å². The number of carboxylic acid groups (broad SMARTS) is 1. The van der Waals surface area contributed by atoms with Crippen LogP contribution in [-0.2, 0) is 33.4 Å². The van der Waals surface area contributed by atoms with Crippen LogP contribution >= 0.6 is 0 Å². The predicted octanol–water partition coefficient (Wildman–Crippen LogP) is 6.05. The first-order valence-corrected chi connectivity index (χ1v) is 20.4. The summed E-state index contributed by atoms with van der Waals surface area (Å²) in [6.45, 7) is 8.13. The molecule has 6 N–H and O–H groups in total. The summed E-state index contributed by atoms with van der Waals surface area (Å²) in [7, 11) is 0. The lowest BCUT2D eigenvalue weighted by atomic mass is 10.0. The summed E-state index contributed by atoms with van der Waals surface area (Å²) in [5, 5.41) is 61.2. The number of aliphatic carboxylic acids is 1. The van der Waals surface area contributed by atoms with Crippen molar-refractivity contribution in [2.45, 2.75) is 231 Å². The molecule has 0 aromatic rings. The molecule has 0 heterocycles. The smallest absolute Gasteiger partial charge is 0.308 e. The average Bonchev–Trinajstić information content (AvgIpc) is 3.04. The lowest BCUT2D eigenvalue weighted by molar-refractivity contribution is -0.156. The van der Waals surface area contributed by atoms with Gasteiger partial charge in [0.15, 0.2) is 0 Å². The third-order valence-corrected chi connectivity index (χ3v) is 9.19. The van der Waals surface area contributed by atoms with E-state index in [4.69, 9.17) is 19.3 Å². The lowest BCUT2D eigenvalue weighted by Crippen LogP contribution is -2.31. The fourth-order valence-electron chi connectivity index (χ4n) is 6.33. The van der Waals surface area contributed by atoms with Gasteiger partial charge in [0.05, 0.1) is 56.2 Å². The van der Waals surface area contributed by atoms with E-state index < -0.39 is 79.1 Å². The van der Waals surface area contributed by atoms with Crippen molar-refractivity contribution in [2.75, 3.05) is 0 Å². The largest absolute Gasteiger partial charge is 0.481 e. The number of aliphatic hydroxyl groups excluding tert-OH is 5. The van der Waals surface area contributed by atoms with E-state index in [9.17, 15) is 44.7 Å². The fraction of sp³-hybridized carbons (Fsp3) is 0.900. The van der Waals surface area contributed by atoms with E-state index in [1.54, 1.807) is 0 Å². The molecule has 13 heteroatoms. The van der Waals surface area contributed by atoms with Crippen LogP contribution in [0.25, 0.3) is 0 Å². The Balaban J connectivity index is 5.24. The summed E-state index contributed by atoms with van der Waals surface area (Å²) < 4.78 is 16.8. The molecule has 0 saturated carbocycles. The minimum Gasteiger partial charge on any atom is -0.481 e. The van der Waals surface area contributed by atoms with Crippen LogP contribution in [0.5, 0.6) is 0 Å². The van der Waals surface area contributed by atoms with Crippen molar-refractivity contribution in [1.82, 2.24) is 0 Å². The minimum atomic E-state index is -1.19. The van der Waals surface area contributed by atoms with Crippen LogP contribution in [0, 0.1) is 0 Å². The quantitative estimate of drug-likeness (QED) is 0.0246. The number of carbonyl (C=O) groups excluding carboxylic acids is 3. The zero-order valence-electron chi connectivity index (χ0n) is 33.1. The molecule has 13 nitrogen and oxygen atoms in total. The van der Waals surface area contributed by atoms with Crippen molar-refractivity contribution in [1.29, 1.82) is 0 Å². The van der Waals surface area contributed by atoms with Crippen molar-refractivity contribution in [3.63, 3.8) is 0 Å². The third kappa shape index (κ3) is 29.7. The van der Waals surface area contributed by atoms with E-state index in [-0.39, 0.29) is 44.9 Å². The van der Waals surface area contributed by atoms with Gasteiger partial charge < -0.3 is 44.8 Å². The first kappa shape index (κ1) is 50.7. The zero-order chi connectivity index (χ0) is 40.0. The van der Waals surface area contributed by atoms with E-state index in [0.717, 1.165) is 70.6 Å². The van der Waals surface area contributed by atoms with Gasteiger partial charge in [0, 0.05) is 19.3 Å².